The van der Waals surface area contributed by atoms with E-state index < -0.39 is 0 Å². The third-order valence-electron chi connectivity index (χ3n) is 4.56. The van der Waals surface area contributed by atoms with E-state index >= 15 is 0 Å². The molecule has 0 radical (unpaired) electrons. The average Bonchev–Trinajstić information content (AvgIpc) is 2.65. The highest BCUT2D eigenvalue weighted by molar-refractivity contribution is 4.89. The standard InChI is InChI=1S/C14H28N2/c1-4-15-13-7-8-16(12(3)10-13)14-6-5-11(2)9-14/h11-15H,4-10H2,1-3H3. The minimum atomic E-state index is 0.773. The zero-order valence-corrected chi connectivity index (χ0v) is 11.2. The van der Waals surface area contributed by atoms with Gasteiger partial charge in [0.25, 0.3) is 0 Å². The Hall–Kier alpha value is -0.0800. The molecule has 0 aromatic carbocycles. The molecule has 2 aliphatic rings. The smallest absolute Gasteiger partial charge is 0.0101 e. The maximum Gasteiger partial charge on any atom is 0.0101 e. The van der Waals surface area contributed by atoms with Crippen LogP contribution in [-0.2, 0) is 0 Å². The van der Waals surface area contributed by atoms with Gasteiger partial charge in [-0.1, -0.05) is 13.8 Å². The molecule has 0 aromatic heterocycles. The second-order valence-electron chi connectivity index (χ2n) is 5.94. The van der Waals surface area contributed by atoms with Crippen LogP contribution in [0.5, 0.6) is 0 Å². The molecule has 1 saturated carbocycles. The average molecular weight is 224 g/mol. The number of hydrogen-bond donors (Lipinski definition) is 1. The number of hydrogen-bond acceptors (Lipinski definition) is 2. The van der Waals surface area contributed by atoms with Gasteiger partial charge in [-0.25, -0.2) is 0 Å². The Morgan fingerprint density at radius 2 is 1.94 bits per heavy atom. The molecule has 0 aromatic rings. The highest BCUT2D eigenvalue weighted by atomic mass is 15.2. The predicted molar refractivity (Wildman–Crippen MR) is 69.7 cm³/mol. The van der Waals surface area contributed by atoms with E-state index in [0.29, 0.717) is 0 Å². The minimum Gasteiger partial charge on any atom is -0.314 e. The number of nitrogens with zero attached hydrogens (tertiary/aromatic N) is 1. The summed E-state index contributed by atoms with van der Waals surface area (Å²) in [6.07, 6.45) is 7.03. The fourth-order valence-corrected chi connectivity index (χ4v) is 3.69. The van der Waals surface area contributed by atoms with Gasteiger partial charge in [-0.3, -0.25) is 4.90 Å². The van der Waals surface area contributed by atoms with Crippen LogP contribution < -0.4 is 5.32 Å². The fraction of sp³-hybridized carbons (Fsp3) is 1.00. The molecular weight excluding hydrogens is 196 g/mol. The molecule has 2 nitrogen and oxygen atoms in total. The summed E-state index contributed by atoms with van der Waals surface area (Å²) in [5.41, 5.74) is 0. The molecule has 94 valence electrons. The molecule has 1 heterocycles. The molecule has 1 saturated heterocycles. The van der Waals surface area contributed by atoms with Gasteiger partial charge < -0.3 is 5.32 Å². The van der Waals surface area contributed by atoms with Crippen LogP contribution in [0, 0.1) is 5.92 Å². The van der Waals surface area contributed by atoms with Crippen LogP contribution in [0.4, 0.5) is 0 Å². The number of nitrogens with one attached hydrogen (secondary N) is 1. The lowest BCUT2D eigenvalue weighted by Gasteiger charge is -2.41. The summed E-state index contributed by atoms with van der Waals surface area (Å²) >= 11 is 0. The first kappa shape index (κ1) is 12.4. The maximum absolute atomic E-state index is 3.61. The molecular formula is C14H28N2. The molecule has 2 rings (SSSR count). The van der Waals surface area contributed by atoms with E-state index in [1.807, 2.05) is 0 Å². The molecule has 4 unspecified atom stereocenters. The number of likely N-dealkylation sites (tertiary alicyclic amines) is 1. The van der Waals surface area contributed by atoms with Crippen molar-refractivity contribution in [2.24, 2.45) is 5.92 Å². The number of piperidine rings is 1. The van der Waals surface area contributed by atoms with E-state index in [1.165, 1.54) is 38.6 Å². The van der Waals surface area contributed by atoms with Crippen LogP contribution in [0.15, 0.2) is 0 Å². The van der Waals surface area contributed by atoms with Crippen LogP contribution in [0.2, 0.25) is 0 Å². The summed E-state index contributed by atoms with van der Waals surface area (Å²) in [5, 5.41) is 3.61. The molecule has 1 N–H and O–H groups in total. The lowest BCUT2D eigenvalue weighted by Crippen LogP contribution is -2.50. The van der Waals surface area contributed by atoms with Crippen LogP contribution >= 0.6 is 0 Å². The van der Waals surface area contributed by atoms with Crippen molar-refractivity contribution in [2.45, 2.75) is 71.0 Å². The molecule has 0 amide bonds. The van der Waals surface area contributed by atoms with Crippen molar-refractivity contribution in [1.82, 2.24) is 10.2 Å². The van der Waals surface area contributed by atoms with E-state index in [1.54, 1.807) is 0 Å². The molecule has 0 spiro atoms. The van der Waals surface area contributed by atoms with Crippen LogP contribution in [-0.4, -0.2) is 36.1 Å². The van der Waals surface area contributed by atoms with Crippen molar-refractivity contribution >= 4 is 0 Å². The van der Waals surface area contributed by atoms with E-state index in [2.05, 4.69) is 31.0 Å². The topological polar surface area (TPSA) is 15.3 Å². The van der Waals surface area contributed by atoms with Crippen molar-refractivity contribution in [2.75, 3.05) is 13.1 Å². The first-order valence-electron chi connectivity index (χ1n) is 7.19. The van der Waals surface area contributed by atoms with Gasteiger partial charge in [0.05, 0.1) is 0 Å². The predicted octanol–water partition coefficient (Wildman–Crippen LogP) is 2.64. The molecule has 16 heavy (non-hydrogen) atoms. The third-order valence-corrected chi connectivity index (χ3v) is 4.56. The normalized spacial score (nSPS) is 41.4. The summed E-state index contributed by atoms with van der Waals surface area (Å²) in [7, 11) is 0. The van der Waals surface area contributed by atoms with E-state index in [-0.39, 0.29) is 0 Å². The summed E-state index contributed by atoms with van der Waals surface area (Å²) in [6, 6.07) is 2.45. The lowest BCUT2D eigenvalue weighted by molar-refractivity contribution is 0.0890. The Morgan fingerprint density at radius 3 is 2.50 bits per heavy atom. The Labute approximate surface area is 101 Å². The Kier molecular flexibility index (Phi) is 4.26. The quantitative estimate of drug-likeness (QED) is 0.793. The minimum absolute atomic E-state index is 0.773. The Morgan fingerprint density at radius 1 is 1.12 bits per heavy atom. The highest BCUT2D eigenvalue weighted by Crippen LogP contribution is 2.32. The summed E-state index contributed by atoms with van der Waals surface area (Å²) in [5.74, 6) is 0.962. The van der Waals surface area contributed by atoms with Gasteiger partial charge in [0, 0.05) is 24.7 Å². The van der Waals surface area contributed by atoms with Gasteiger partial charge in [0.1, 0.15) is 0 Å². The SMILES string of the molecule is CCNC1CCN(C2CCC(C)C2)C(C)C1. The fourth-order valence-electron chi connectivity index (χ4n) is 3.69. The summed E-state index contributed by atoms with van der Waals surface area (Å²) in [4.78, 5) is 2.79. The second-order valence-corrected chi connectivity index (χ2v) is 5.94. The molecule has 2 fully saturated rings. The first-order chi connectivity index (χ1) is 7.70. The van der Waals surface area contributed by atoms with Gasteiger partial charge in [0.15, 0.2) is 0 Å². The van der Waals surface area contributed by atoms with Crippen molar-refractivity contribution in [3.63, 3.8) is 0 Å². The number of rotatable bonds is 3. The monoisotopic (exact) mass is 224 g/mol. The van der Waals surface area contributed by atoms with Crippen LogP contribution in [0.3, 0.4) is 0 Å². The maximum atomic E-state index is 3.61. The zero-order chi connectivity index (χ0) is 11.5. The zero-order valence-electron chi connectivity index (χ0n) is 11.2. The molecule has 1 aliphatic heterocycles. The molecule has 4 atom stereocenters. The van der Waals surface area contributed by atoms with E-state index in [4.69, 9.17) is 0 Å². The molecule has 0 bridgehead atoms. The van der Waals surface area contributed by atoms with Gasteiger partial charge in [-0.05, 0) is 51.5 Å². The molecule has 1 aliphatic carbocycles. The molecule has 2 heteroatoms. The van der Waals surface area contributed by atoms with Crippen LogP contribution in [0.25, 0.3) is 0 Å². The van der Waals surface area contributed by atoms with Crippen molar-refractivity contribution in [3.8, 4) is 0 Å². The van der Waals surface area contributed by atoms with Crippen molar-refractivity contribution < 1.29 is 0 Å². The third kappa shape index (κ3) is 2.78. The van der Waals surface area contributed by atoms with Gasteiger partial charge in [-0.15, -0.1) is 0 Å². The van der Waals surface area contributed by atoms with Crippen molar-refractivity contribution in [3.05, 3.63) is 0 Å². The summed E-state index contributed by atoms with van der Waals surface area (Å²) < 4.78 is 0. The Balaban J connectivity index is 1.84. The summed E-state index contributed by atoms with van der Waals surface area (Å²) in [6.45, 7) is 9.49. The van der Waals surface area contributed by atoms with Gasteiger partial charge in [0.2, 0.25) is 0 Å². The highest BCUT2D eigenvalue weighted by Gasteiger charge is 2.33. The largest absolute Gasteiger partial charge is 0.314 e. The first-order valence-corrected chi connectivity index (χ1v) is 7.19. The Bertz CT molecular complexity index is 217. The van der Waals surface area contributed by atoms with Crippen LogP contribution in [0.1, 0.15) is 52.9 Å². The van der Waals surface area contributed by atoms with Crippen molar-refractivity contribution in [1.29, 1.82) is 0 Å². The van der Waals surface area contributed by atoms with Gasteiger partial charge >= 0.3 is 0 Å². The van der Waals surface area contributed by atoms with Gasteiger partial charge in [-0.2, -0.15) is 0 Å². The lowest BCUT2D eigenvalue weighted by atomic mass is 9.95. The van der Waals surface area contributed by atoms with E-state index in [0.717, 1.165) is 30.6 Å². The van der Waals surface area contributed by atoms with E-state index in [9.17, 15) is 0 Å². The second kappa shape index (κ2) is 5.50.